The third-order valence-electron chi connectivity index (χ3n) is 1.82. The van der Waals surface area contributed by atoms with Gasteiger partial charge in [-0.1, -0.05) is 29.8 Å². The van der Waals surface area contributed by atoms with E-state index >= 15 is 0 Å². The molecular formula is C8H8BrClNO4P. The van der Waals surface area contributed by atoms with E-state index in [-0.39, 0.29) is 27.9 Å². The normalized spacial score (nSPS) is 11.2. The Morgan fingerprint density at radius 1 is 1.31 bits per heavy atom. The molecule has 1 aromatic heterocycles. The van der Waals surface area contributed by atoms with Crippen molar-refractivity contribution in [3.63, 3.8) is 0 Å². The van der Waals surface area contributed by atoms with Crippen LogP contribution in [0.4, 0.5) is 0 Å². The van der Waals surface area contributed by atoms with Crippen molar-refractivity contribution in [2.75, 3.05) is 0 Å². The van der Waals surface area contributed by atoms with E-state index in [9.17, 15) is 4.57 Å². The van der Waals surface area contributed by atoms with Crippen molar-refractivity contribution < 1.29 is 18.9 Å². The lowest BCUT2D eigenvalue weighted by molar-refractivity contribution is 0.280. The smallest absolute Gasteiger partial charge is 0.386 e. The number of phosphoric ester groups is 1. The van der Waals surface area contributed by atoms with Gasteiger partial charge in [0.15, 0.2) is 0 Å². The molecule has 0 unspecified atom stereocenters. The number of H-pyrrole nitrogens is 1. The van der Waals surface area contributed by atoms with Crippen LogP contribution >= 0.6 is 36.4 Å². The van der Waals surface area contributed by atoms with Crippen LogP contribution in [0.25, 0.3) is 10.9 Å². The molecule has 0 spiro atoms. The first kappa shape index (κ1) is 13.5. The summed E-state index contributed by atoms with van der Waals surface area (Å²) >= 11 is 5.86. The van der Waals surface area contributed by atoms with Crippen molar-refractivity contribution in [3.8, 4) is 5.88 Å². The first-order valence-corrected chi connectivity index (χ1v) is 5.89. The van der Waals surface area contributed by atoms with E-state index in [1.807, 2.05) is 0 Å². The van der Waals surface area contributed by atoms with E-state index in [2.05, 4.69) is 9.51 Å². The van der Waals surface area contributed by atoms with Crippen LogP contribution in [0.1, 0.15) is 0 Å². The van der Waals surface area contributed by atoms with Crippen LogP contribution in [-0.2, 0) is 4.57 Å². The summed E-state index contributed by atoms with van der Waals surface area (Å²) in [6, 6.07) is 6.99. The van der Waals surface area contributed by atoms with Crippen LogP contribution in [0.2, 0.25) is 5.02 Å². The monoisotopic (exact) mass is 327 g/mol. The number of phosphoric acid groups is 1. The first-order chi connectivity index (χ1) is 6.97. The Hall–Kier alpha value is -0.520. The Kier molecular flexibility index (Phi) is 4.04. The molecule has 3 N–H and O–H groups in total. The van der Waals surface area contributed by atoms with Crippen LogP contribution in [0.5, 0.6) is 5.88 Å². The maximum atomic E-state index is 10.6. The van der Waals surface area contributed by atoms with E-state index in [1.54, 1.807) is 24.3 Å². The number of para-hydroxylation sites is 1. The number of hydrogen-bond donors (Lipinski definition) is 3. The maximum Gasteiger partial charge on any atom is 0.526 e. The molecule has 0 aliphatic heterocycles. The molecule has 1 aromatic carbocycles. The summed E-state index contributed by atoms with van der Waals surface area (Å²) in [5.74, 6) is -0.119. The first-order valence-electron chi connectivity index (χ1n) is 3.99. The molecule has 8 heteroatoms. The Balaban J connectivity index is 0.00000128. The van der Waals surface area contributed by atoms with Crippen molar-refractivity contribution in [3.05, 3.63) is 29.3 Å². The molecule has 0 saturated carbocycles. The highest BCUT2D eigenvalue weighted by atomic mass is 79.9. The molecule has 0 aliphatic carbocycles. The van der Waals surface area contributed by atoms with Gasteiger partial charge in [0, 0.05) is 10.9 Å². The second-order valence-electron chi connectivity index (χ2n) is 2.90. The highest BCUT2D eigenvalue weighted by Gasteiger charge is 2.20. The number of hydrogen-bond acceptors (Lipinski definition) is 2. The Labute approximate surface area is 106 Å². The average molecular weight is 328 g/mol. The molecule has 88 valence electrons. The predicted molar refractivity (Wildman–Crippen MR) is 66.3 cm³/mol. The fourth-order valence-electron chi connectivity index (χ4n) is 1.26. The lowest BCUT2D eigenvalue weighted by Gasteiger charge is -2.03. The van der Waals surface area contributed by atoms with Crippen molar-refractivity contribution in [2.45, 2.75) is 0 Å². The minimum absolute atomic E-state index is 0. The quantitative estimate of drug-likeness (QED) is 0.740. The van der Waals surface area contributed by atoms with Gasteiger partial charge in [-0.2, -0.15) is 0 Å². The topological polar surface area (TPSA) is 82.6 Å². The van der Waals surface area contributed by atoms with Crippen molar-refractivity contribution in [1.82, 2.24) is 4.98 Å². The van der Waals surface area contributed by atoms with E-state index in [0.29, 0.717) is 10.9 Å². The third-order valence-corrected chi connectivity index (χ3v) is 2.62. The fraction of sp³-hybridized carbons (Fsp3) is 0. The van der Waals surface area contributed by atoms with Gasteiger partial charge in [0.1, 0.15) is 5.02 Å². The lowest BCUT2D eigenvalue weighted by Crippen LogP contribution is -1.90. The summed E-state index contributed by atoms with van der Waals surface area (Å²) in [4.78, 5) is 19.9. The molecule has 0 atom stereocenters. The number of rotatable bonds is 2. The average Bonchev–Trinajstić information content (AvgIpc) is 2.42. The summed E-state index contributed by atoms with van der Waals surface area (Å²) in [5, 5.41) is 0.816. The number of aromatic amines is 1. The van der Waals surface area contributed by atoms with Crippen LogP contribution in [0, 0.1) is 0 Å². The standard InChI is InChI=1S/C8H7ClNO4P.BrH/c9-7-5-3-1-2-4-6(5)10-8(7)14-15(11,12)13;/h1-4,10H,(H2,11,12,13);1H. The molecular weight excluding hydrogens is 320 g/mol. The van der Waals surface area contributed by atoms with Gasteiger partial charge in [-0.05, 0) is 6.07 Å². The molecule has 0 amide bonds. The SMILES string of the molecule is Br.O=P(O)(O)Oc1[nH]c2ccccc2c1Cl. The summed E-state index contributed by atoms with van der Waals surface area (Å²) in [7, 11) is -4.59. The Bertz CT molecular complexity index is 552. The van der Waals surface area contributed by atoms with Crippen molar-refractivity contribution in [2.24, 2.45) is 0 Å². The van der Waals surface area contributed by atoms with Gasteiger partial charge >= 0.3 is 7.82 Å². The summed E-state index contributed by atoms with van der Waals surface area (Å²) < 4.78 is 15.0. The van der Waals surface area contributed by atoms with Gasteiger partial charge in [0.2, 0.25) is 5.88 Å². The van der Waals surface area contributed by atoms with Crippen LogP contribution in [-0.4, -0.2) is 14.8 Å². The lowest BCUT2D eigenvalue weighted by atomic mass is 10.2. The van der Waals surface area contributed by atoms with Gasteiger partial charge in [0.05, 0.1) is 0 Å². The van der Waals surface area contributed by atoms with Gasteiger partial charge in [0.25, 0.3) is 0 Å². The van der Waals surface area contributed by atoms with Crippen LogP contribution in [0.15, 0.2) is 24.3 Å². The van der Waals surface area contributed by atoms with Crippen LogP contribution in [0.3, 0.4) is 0 Å². The zero-order valence-electron chi connectivity index (χ0n) is 7.75. The second kappa shape index (κ2) is 4.77. The number of benzene rings is 1. The molecule has 1 heterocycles. The van der Waals surface area contributed by atoms with Gasteiger partial charge < -0.3 is 9.51 Å². The second-order valence-corrected chi connectivity index (χ2v) is 4.44. The molecule has 0 aliphatic rings. The van der Waals surface area contributed by atoms with Crippen molar-refractivity contribution >= 4 is 47.3 Å². The third kappa shape index (κ3) is 2.78. The molecule has 2 rings (SSSR count). The van der Waals surface area contributed by atoms with Crippen molar-refractivity contribution in [1.29, 1.82) is 0 Å². The van der Waals surface area contributed by atoms with Gasteiger partial charge in [-0.15, -0.1) is 17.0 Å². The zero-order valence-corrected chi connectivity index (χ0v) is 11.1. The summed E-state index contributed by atoms with van der Waals surface area (Å²) in [6.45, 7) is 0. The number of nitrogens with one attached hydrogen (secondary N) is 1. The highest BCUT2D eigenvalue weighted by molar-refractivity contribution is 8.93. The maximum absolute atomic E-state index is 10.6. The summed E-state index contributed by atoms with van der Waals surface area (Å²) in [6.07, 6.45) is 0. The number of fused-ring (bicyclic) bond motifs is 1. The fourth-order valence-corrected chi connectivity index (χ4v) is 1.94. The Morgan fingerprint density at radius 2 is 1.94 bits per heavy atom. The van der Waals surface area contributed by atoms with E-state index < -0.39 is 7.82 Å². The minimum atomic E-state index is -4.59. The predicted octanol–water partition coefficient (Wildman–Crippen LogP) is 2.87. The molecule has 5 nitrogen and oxygen atoms in total. The molecule has 16 heavy (non-hydrogen) atoms. The van der Waals surface area contributed by atoms with E-state index in [4.69, 9.17) is 21.4 Å². The molecule has 0 saturated heterocycles. The number of halogens is 2. The highest BCUT2D eigenvalue weighted by Crippen LogP contribution is 2.42. The van der Waals surface area contributed by atoms with Crippen LogP contribution < -0.4 is 4.52 Å². The molecule has 0 bridgehead atoms. The largest absolute Gasteiger partial charge is 0.526 e. The Morgan fingerprint density at radius 3 is 2.50 bits per heavy atom. The zero-order chi connectivity index (χ0) is 11.1. The molecule has 0 radical (unpaired) electrons. The molecule has 0 fully saturated rings. The van der Waals surface area contributed by atoms with E-state index in [1.165, 1.54) is 0 Å². The summed E-state index contributed by atoms with van der Waals surface area (Å²) in [5.41, 5.74) is 0.658. The van der Waals surface area contributed by atoms with Gasteiger partial charge in [-0.3, -0.25) is 9.79 Å². The van der Waals surface area contributed by atoms with Gasteiger partial charge in [-0.25, -0.2) is 4.57 Å². The van der Waals surface area contributed by atoms with E-state index in [0.717, 1.165) is 0 Å². The minimum Gasteiger partial charge on any atom is -0.386 e. The molecule has 2 aromatic rings. The number of aromatic nitrogens is 1.